The Kier molecular flexibility index (Phi) is 6.04. The highest BCUT2D eigenvalue weighted by molar-refractivity contribution is 5.84. The van der Waals surface area contributed by atoms with Crippen LogP contribution in [0.1, 0.15) is 59.3 Å². The minimum absolute atomic E-state index is 0.224. The van der Waals surface area contributed by atoms with E-state index in [0.29, 0.717) is 11.7 Å². The van der Waals surface area contributed by atoms with Gasteiger partial charge in [-0.2, -0.15) is 0 Å². The molecule has 0 spiro atoms. The average Bonchev–Trinajstić information content (AvgIpc) is 2.50. The second-order valence-electron chi connectivity index (χ2n) is 5.18. The number of nitrogens with zero attached hydrogens (tertiary/aromatic N) is 1. The van der Waals surface area contributed by atoms with Gasteiger partial charge in [-0.25, -0.2) is 0 Å². The number of hydrogen-bond donors (Lipinski definition) is 0. The lowest BCUT2D eigenvalue weighted by Gasteiger charge is -2.30. The van der Waals surface area contributed by atoms with E-state index >= 15 is 0 Å². The molecule has 2 nitrogen and oxygen atoms in total. The summed E-state index contributed by atoms with van der Waals surface area (Å²) in [6.45, 7) is 8.79. The van der Waals surface area contributed by atoms with Crippen LogP contribution < -0.4 is 0 Å². The zero-order valence-corrected chi connectivity index (χ0v) is 11.2. The summed E-state index contributed by atoms with van der Waals surface area (Å²) in [6, 6.07) is 0.224. The van der Waals surface area contributed by atoms with E-state index in [2.05, 4.69) is 25.7 Å². The zero-order chi connectivity index (χ0) is 12.0. The number of carbonyl (C=O) groups is 1. The van der Waals surface area contributed by atoms with Crippen LogP contribution in [-0.2, 0) is 4.79 Å². The Bertz CT molecular complexity index is 215. The van der Waals surface area contributed by atoms with Gasteiger partial charge >= 0.3 is 0 Å². The van der Waals surface area contributed by atoms with Gasteiger partial charge in [-0.05, 0) is 25.3 Å². The van der Waals surface area contributed by atoms with Crippen molar-refractivity contribution in [2.75, 3.05) is 13.1 Å². The van der Waals surface area contributed by atoms with Crippen molar-refractivity contribution in [2.24, 2.45) is 5.92 Å². The molecule has 94 valence electrons. The summed E-state index contributed by atoms with van der Waals surface area (Å²) in [5.41, 5.74) is 0. The molecule has 0 bridgehead atoms. The van der Waals surface area contributed by atoms with E-state index in [1.54, 1.807) is 0 Å². The molecule has 16 heavy (non-hydrogen) atoms. The number of Topliss-reactive ketones (excluding diaryl/α,β-unsaturated/α-hetero) is 1. The number of likely N-dealkylation sites (N-methyl/N-ethyl adjacent to an activating group) is 1. The molecule has 0 saturated heterocycles. The normalized spacial score (nSPS) is 24.5. The van der Waals surface area contributed by atoms with Crippen LogP contribution in [0.25, 0.3) is 0 Å². The Morgan fingerprint density at radius 3 is 2.69 bits per heavy atom. The molecule has 0 aromatic carbocycles. The van der Waals surface area contributed by atoms with Crippen molar-refractivity contribution in [1.82, 2.24) is 4.90 Å². The number of rotatable bonds is 5. The average molecular weight is 225 g/mol. The van der Waals surface area contributed by atoms with Crippen LogP contribution >= 0.6 is 0 Å². The quantitative estimate of drug-likeness (QED) is 0.669. The molecule has 1 fully saturated rings. The first-order chi connectivity index (χ1) is 7.69. The Labute approximate surface area is 100 Å². The maximum absolute atomic E-state index is 12.0. The van der Waals surface area contributed by atoms with Crippen LogP contribution in [0.3, 0.4) is 0 Å². The van der Waals surface area contributed by atoms with Gasteiger partial charge < -0.3 is 0 Å². The number of ketones is 1. The molecule has 0 N–H and O–H groups in total. The summed E-state index contributed by atoms with van der Waals surface area (Å²) in [5.74, 6) is 1.19. The third kappa shape index (κ3) is 3.89. The molecule has 1 rings (SSSR count). The number of hydrogen-bond acceptors (Lipinski definition) is 2. The number of carbonyl (C=O) groups excluding carboxylic acids is 1. The Morgan fingerprint density at radius 1 is 1.31 bits per heavy atom. The van der Waals surface area contributed by atoms with Crippen molar-refractivity contribution in [1.29, 1.82) is 0 Å². The highest BCUT2D eigenvalue weighted by Crippen LogP contribution is 2.20. The third-order valence-corrected chi connectivity index (χ3v) is 3.86. The topological polar surface area (TPSA) is 20.3 Å². The lowest BCUT2D eigenvalue weighted by molar-refractivity contribution is -0.124. The van der Waals surface area contributed by atoms with Gasteiger partial charge in [0, 0.05) is 13.0 Å². The zero-order valence-electron chi connectivity index (χ0n) is 11.2. The van der Waals surface area contributed by atoms with Crippen LogP contribution in [0.5, 0.6) is 0 Å². The van der Waals surface area contributed by atoms with Gasteiger partial charge in [0.15, 0.2) is 0 Å². The van der Waals surface area contributed by atoms with Crippen molar-refractivity contribution in [2.45, 2.75) is 65.3 Å². The van der Waals surface area contributed by atoms with Crippen molar-refractivity contribution < 1.29 is 4.79 Å². The monoisotopic (exact) mass is 225 g/mol. The van der Waals surface area contributed by atoms with Crippen LogP contribution in [0, 0.1) is 5.92 Å². The van der Waals surface area contributed by atoms with Crippen LogP contribution in [0.2, 0.25) is 0 Å². The van der Waals surface area contributed by atoms with E-state index in [0.717, 1.165) is 32.4 Å². The predicted molar refractivity (Wildman–Crippen MR) is 68.6 cm³/mol. The van der Waals surface area contributed by atoms with Crippen molar-refractivity contribution >= 4 is 5.78 Å². The minimum atomic E-state index is 0.224. The van der Waals surface area contributed by atoms with Crippen molar-refractivity contribution in [3.05, 3.63) is 0 Å². The maximum Gasteiger partial charge on any atom is 0.149 e. The standard InChI is InChI=1S/C14H27NO/c1-4-12(3)11-15(5-2)13-9-7-6-8-10-14(13)16/h12-13H,4-11H2,1-3H3. The molecule has 2 unspecified atom stereocenters. The predicted octanol–water partition coefficient (Wildman–Crippen LogP) is 3.26. The molecular formula is C14H27NO. The molecule has 2 heteroatoms. The molecular weight excluding hydrogens is 198 g/mol. The highest BCUT2D eigenvalue weighted by Gasteiger charge is 2.26. The Hall–Kier alpha value is -0.370. The smallest absolute Gasteiger partial charge is 0.149 e. The molecule has 2 atom stereocenters. The first-order valence-electron chi connectivity index (χ1n) is 6.95. The molecule has 1 saturated carbocycles. The highest BCUT2D eigenvalue weighted by atomic mass is 16.1. The summed E-state index contributed by atoms with van der Waals surface area (Å²) >= 11 is 0. The second-order valence-corrected chi connectivity index (χ2v) is 5.18. The van der Waals surface area contributed by atoms with Crippen molar-refractivity contribution in [3.63, 3.8) is 0 Å². The van der Waals surface area contributed by atoms with E-state index in [-0.39, 0.29) is 6.04 Å². The van der Waals surface area contributed by atoms with E-state index < -0.39 is 0 Å². The SMILES string of the molecule is CCC(C)CN(CC)C1CCCCCC1=O. The molecule has 1 aliphatic rings. The van der Waals surface area contributed by atoms with Gasteiger partial charge in [-0.1, -0.05) is 40.0 Å². The Balaban J connectivity index is 2.58. The first-order valence-corrected chi connectivity index (χ1v) is 6.95. The largest absolute Gasteiger partial charge is 0.298 e. The van der Waals surface area contributed by atoms with E-state index in [4.69, 9.17) is 0 Å². The summed E-state index contributed by atoms with van der Waals surface area (Å²) in [7, 11) is 0. The lowest BCUT2D eigenvalue weighted by atomic mass is 10.0. The fraction of sp³-hybridized carbons (Fsp3) is 0.929. The van der Waals surface area contributed by atoms with Crippen LogP contribution in [-0.4, -0.2) is 29.8 Å². The molecule has 0 radical (unpaired) electrons. The molecule has 0 aromatic heterocycles. The van der Waals surface area contributed by atoms with Gasteiger partial charge in [0.25, 0.3) is 0 Å². The van der Waals surface area contributed by atoms with Gasteiger partial charge in [-0.15, -0.1) is 0 Å². The molecule has 0 aliphatic heterocycles. The van der Waals surface area contributed by atoms with Crippen molar-refractivity contribution in [3.8, 4) is 0 Å². The second kappa shape index (κ2) is 7.05. The van der Waals surface area contributed by atoms with E-state index in [1.807, 2.05) is 0 Å². The van der Waals surface area contributed by atoms with E-state index in [9.17, 15) is 4.79 Å². The van der Waals surface area contributed by atoms with Gasteiger partial charge in [0.2, 0.25) is 0 Å². The maximum atomic E-state index is 12.0. The van der Waals surface area contributed by atoms with E-state index in [1.165, 1.54) is 19.3 Å². The fourth-order valence-corrected chi connectivity index (χ4v) is 2.53. The van der Waals surface area contributed by atoms with Gasteiger partial charge in [0.1, 0.15) is 5.78 Å². The minimum Gasteiger partial charge on any atom is -0.298 e. The molecule has 0 amide bonds. The summed E-state index contributed by atoms with van der Waals surface area (Å²) in [4.78, 5) is 14.4. The summed E-state index contributed by atoms with van der Waals surface area (Å²) < 4.78 is 0. The molecule has 1 aliphatic carbocycles. The van der Waals surface area contributed by atoms with Gasteiger partial charge in [-0.3, -0.25) is 9.69 Å². The molecule has 0 heterocycles. The molecule has 0 aromatic rings. The lowest BCUT2D eigenvalue weighted by Crippen LogP contribution is -2.42. The van der Waals surface area contributed by atoms with Crippen LogP contribution in [0.15, 0.2) is 0 Å². The Morgan fingerprint density at radius 2 is 2.06 bits per heavy atom. The summed E-state index contributed by atoms with van der Waals surface area (Å²) in [5, 5.41) is 0. The summed E-state index contributed by atoms with van der Waals surface area (Å²) in [6.07, 6.45) is 6.68. The van der Waals surface area contributed by atoms with Crippen LogP contribution in [0.4, 0.5) is 0 Å². The third-order valence-electron chi connectivity index (χ3n) is 3.86. The first kappa shape index (κ1) is 13.7. The van der Waals surface area contributed by atoms with Gasteiger partial charge in [0.05, 0.1) is 6.04 Å². The fourth-order valence-electron chi connectivity index (χ4n) is 2.53.